The molecule has 0 amide bonds. The van der Waals surface area contributed by atoms with Gasteiger partial charge < -0.3 is 5.73 Å². The largest absolute Gasteiger partial charge is 0.322 e. The molecule has 1 aromatic heterocycles. The van der Waals surface area contributed by atoms with Crippen molar-refractivity contribution >= 4 is 11.3 Å². The van der Waals surface area contributed by atoms with Crippen molar-refractivity contribution in [2.45, 2.75) is 50.9 Å². The van der Waals surface area contributed by atoms with E-state index in [4.69, 9.17) is 5.73 Å². The van der Waals surface area contributed by atoms with Crippen LogP contribution in [0.15, 0.2) is 5.38 Å². The molecule has 2 aliphatic rings. The molecule has 2 fully saturated rings. The van der Waals surface area contributed by atoms with Gasteiger partial charge in [0.15, 0.2) is 0 Å². The predicted octanol–water partition coefficient (Wildman–Crippen LogP) is 1.83. The Kier molecular flexibility index (Phi) is 3.89. The number of aromatic nitrogens is 1. The van der Waals surface area contributed by atoms with Crippen molar-refractivity contribution in [3.63, 3.8) is 0 Å². The molecule has 0 aromatic carbocycles. The second kappa shape index (κ2) is 5.48. The monoisotopic (exact) mass is 280 g/mol. The van der Waals surface area contributed by atoms with Crippen LogP contribution in [0.25, 0.3) is 0 Å². The molecule has 2 saturated heterocycles. The van der Waals surface area contributed by atoms with Gasteiger partial charge in [0.25, 0.3) is 0 Å². The van der Waals surface area contributed by atoms with Crippen LogP contribution in [0.1, 0.15) is 42.9 Å². The number of rotatable bonds is 3. The van der Waals surface area contributed by atoms with Crippen LogP contribution in [0.4, 0.5) is 0 Å². The molecule has 106 valence electrons. The third-order valence-electron chi connectivity index (χ3n) is 4.58. The fourth-order valence-electron chi connectivity index (χ4n) is 3.36. The number of nitrogens with zero attached hydrogens (tertiary/aromatic N) is 3. The van der Waals surface area contributed by atoms with E-state index in [0.717, 1.165) is 23.6 Å². The van der Waals surface area contributed by atoms with Gasteiger partial charge in [0.1, 0.15) is 5.01 Å². The first-order chi connectivity index (χ1) is 9.13. The van der Waals surface area contributed by atoms with E-state index in [1.165, 1.54) is 38.0 Å². The van der Waals surface area contributed by atoms with Crippen LogP contribution in [0, 0.1) is 0 Å². The highest BCUT2D eigenvalue weighted by Gasteiger charge is 2.34. The first kappa shape index (κ1) is 13.5. The number of likely N-dealkylation sites (N-methyl/N-ethyl adjacent to an activating group) is 1. The van der Waals surface area contributed by atoms with Crippen LogP contribution in [0.3, 0.4) is 0 Å². The molecule has 4 nitrogen and oxygen atoms in total. The number of hydrogen-bond donors (Lipinski definition) is 1. The lowest BCUT2D eigenvalue weighted by atomic mass is 10.1. The maximum atomic E-state index is 5.88. The quantitative estimate of drug-likeness (QED) is 0.917. The minimum absolute atomic E-state index is 0.0602. The molecule has 19 heavy (non-hydrogen) atoms. The SMILES string of the molecule is CC(N)c1nc(CN2CCC3CCC(C2)N3C)cs1. The lowest BCUT2D eigenvalue weighted by Gasteiger charge is -2.25. The Morgan fingerprint density at radius 1 is 1.42 bits per heavy atom. The van der Waals surface area contributed by atoms with E-state index in [0.29, 0.717) is 0 Å². The number of hydrogen-bond acceptors (Lipinski definition) is 5. The van der Waals surface area contributed by atoms with Gasteiger partial charge >= 0.3 is 0 Å². The average Bonchev–Trinajstić information content (AvgIpc) is 2.89. The van der Waals surface area contributed by atoms with Crippen molar-refractivity contribution in [3.8, 4) is 0 Å². The summed E-state index contributed by atoms with van der Waals surface area (Å²) >= 11 is 1.69. The summed E-state index contributed by atoms with van der Waals surface area (Å²) in [5.74, 6) is 0. The first-order valence-electron chi connectivity index (χ1n) is 7.27. The van der Waals surface area contributed by atoms with E-state index in [-0.39, 0.29) is 6.04 Å². The fourth-order valence-corrected chi connectivity index (χ4v) is 4.12. The number of likely N-dealkylation sites (tertiary alicyclic amines) is 1. The minimum atomic E-state index is 0.0602. The van der Waals surface area contributed by atoms with Crippen LogP contribution >= 0.6 is 11.3 Å². The number of fused-ring (bicyclic) bond motifs is 2. The lowest BCUT2D eigenvalue weighted by Crippen LogP contribution is -2.36. The second-order valence-electron chi connectivity index (χ2n) is 6.04. The predicted molar refractivity (Wildman–Crippen MR) is 79.2 cm³/mol. The van der Waals surface area contributed by atoms with Gasteiger partial charge in [0.2, 0.25) is 0 Å². The lowest BCUT2D eigenvalue weighted by molar-refractivity contribution is 0.213. The molecule has 2 N–H and O–H groups in total. The van der Waals surface area contributed by atoms with Gasteiger partial charge in [0, 0.05) is 37.1 Å². The van der Waals surface area contributed by atoms with Crippen LogP contribution in [0.2, 0.25) is 0 Å². The van der Waals surface area contributed by atoms with Crippen molar-refractivity contribution in [2.24, 2.45) is 5.73 Å². The summed E-state index contributed by atoms with van der Waals surface area (Å²) in [5, 5.41) is 3.23. The molecule has 0 saturated carbocycles. The number of nitrogens with two attached hydrogens (primary N) is 1. The minimum Gasteiger partial charge on any atom is -0.322 e. The summed E-state index contributed by atoms with van der Waals surface area (Å²) in [6.45, 7) is 5.39. The smallest absolute Gasteiger partial charge is 0.109 e. The number of thiazole rings is 1. The zero-order valence-corrected chi connectivity index (χ0v) is 12.7. The summed E-state index contributed by atoms with van der Waals surface area (Å²) in [5.41, 5.74) is 7.07. The van der Waals surface area contributed by atoms with Gasteiger partial charge in [-0.1, -0.05) is 0 Å². The third-order valence-corrected chi connectivity index (χ3v) is 5.67. The molecule has 0 spiro atoms. The zero-order valence-electron chi connectivity index (χ0n) is 11.9. The third kappa shape index (κ3) is 2.84. The van der Waals surface area contributed by atoms with E-state index in [9.17, 15) is 0 Å². The Balaban J connectivity index is 1.63. The van der Waals surface area contributed by atoms with Crippen LogP contribution in [-0.4, -0.2) is 47.0 Å². The molecular weight excluding hydrogens is 256 g/mol. The van der Waals surface area contributed by atoms with E-state index in [2.05, 4.69) is 27.2 Å². The maximum absolute atomic E-state index is 5.88. The van der Waals surface area contributed by atoms with E-state index < -0.39 is 0 Å². The standard InChI is InChI=1S/C14H24N4S/c1-10(15)14-16-11(9-19-14)7-18-6-5-12-3-4-13(8-18)17(12)2/h9-10,12-13H,3-8,15H2,1-2H3. The topological polar surface area (TPSA) is 45.4 Å². The fraction of sp³-hybridized carbons (Fsp3) is 0.786. The van der Waals surface area contributed by atoms with Crippen molar-refractivity contribution in [1.29, 1.82) is 0 Å². The molecule has 0 aliphatic carbocycles. The zero-order chi connectivity index (χ0) is 13.4. The molecule has 3 rings (SSSR count). The van der Waals surface area contributed by atoms with Gasteiger partial charge in [-0.15, -0.1) is 11.3 Å². The molecule has 0 radical (unpaired) electrons. The summed E-state index contributed by atoms with van der Waals surface area (Å²) < 4.78 is 0. The van der Waals surface area contributed by atoms with Gasteiger partial charge in [-0.2, -0.15) is 0 Å². The van der Waals surface area contributed by atoms with Gasteiger partial charge in [-0.25, -0.2) is 4.98 Å². The van der Waals surface area contributed by atoms with Gasteiger partial charge in [0.05, 0.1) is 11.7 Å². The van der Waals surface area contributed by atoms with Crippen LogP contribution in [-0.2, 0) is 6.54 Å². The Morgan fingerprint density at radius 2 is 2.21 bits per heavy atom. The molecule has 5 heteroatoms. The van der Waals surface area contributed by atoms with Gasteiger partial charge in [-0.05, 0) is 33.2 Å². The Labute approximate surface area is 119 Å². The van der Waals surface area contributed by atoms with Crippen molar-refractivity contribution < 1.29 is 0 Å². The Hall–Kier alpha value is -0.490. The van der Waals surface area contributed by atoms with Crippen LogP contribution in [0.5, 0.6) is 0 Å². The molecular formula is C14H24N4S. The summed E-state index contributed by atoms with van der Waals surface area (Å²) in [4.78, 5) is 9.82. The van der Waals surface area contributed by atoms with Gasteiger partial charge in [-0.3, -0.25) is 9.80 Å². The molecule has 3 heterocycles. The Bertz CT molecular complexity index is 431. The summed E-state index contributed by atoms with van der Waals surface area (Å²) in [7, 11) is 2.29. The van der Waals surface area contributed by atoms with Crippen molar-refractivity contribution in [3.05, 3.63) is 16.1 Å². The highest BCUT2D eigenvalue weighted by atomic mass is 32.1. The van der Waals surface area contributed by atoms with Crippen molar-refractivity contribution in [2.75, 3.05) is 20.1 Å². The molecule has 1 aromatic rings. The van der Waals surface area contributed by atoms with E-state index in [1.54, 1.807) is 11.3 Å². The first-order valence-corrected chi connectivity index (χ1v) is 8.15. The Morgan fingerprint density at radius 3 is 2.95 bits per heavy atom. The highest BCUT2D eigenvalue weighted by molar-refractivity contribution is 7.09. The summed E-state index contributed by atoms with van der Waals surface area (Å²) in [6.07, 6.45) is 4.05. The normalized spacial score (nSPS) is 30.5. The average molecular weight is 280 g/mol. The van der Waals surface area contributed by atoms with Crippen molar-refractivity contribution in [1.82, 2.24) is 14.8 Å². The molecule has 2 bridgehead atoms. The molecule has 3 atom stereocenters. The highest BCUT2D eigenvalue weighted by Crippen LogP contribution is 2.29. The summed E-state index contributed by atoms with van der Waals surface area (Å²) in [6, 6.07) is 1.62. The molecule has 2 aliphatic heterocycles. The maximum Gasteiger partial charge on any atom is 0.109 e. The second-order valence-corrected chi connectivity index (χ2v) is 6.93. The van der Waals surface area contributed by atoms with Crippen LogP contribution < -0.4 is 5.73 Å². The molecule has 3 unspecified atom stereocenters. The van der Waals surface area contributed by atoms with E-state index in [1.807, 2.05) is 6.92 Å². The van der Waals surface area contributed by atoms with E-state index >= 15 is 0 Å².